The van der Waals surface area contributed by atoms with Crippen LogP contribution in [-0.2, 0) is 106 Å². The number of fused-ring (bicyclic) bond motifs is 26. The Hall–Kier alpha value is -7.39. The van der Waals surface area contributed by atoms with Crippen molar-refractivity contribution in [3.63, 3.8) is 0 Å². The zero-order chi connectivity index (χ0) is 105. The molecule has 0 radical (unpaired) electrons. The number of hydroxylamine groups is 3. The van der Waals surface area contributed by atoms with Gasteiger partial charge in [-0.3, -0.25) is 67.3 Å². The van der Waals surface area contributed by atoms with E-state index in [1.165, 1.54) is 50.3 Å². The molecule has 1 aromatic rings. The first-order valence-electron chi connectivity index (χ1n) is 50.9. The van der Waals surface area contributed by atoms with E-state index in [0.717, 1.165) is 133 Å². The van der Waals surface area contributed by atoms with Crippen LogP contribution in [0.25, 0.3) is 0 Å². The molecule has 0 aromatic heterocycles. The number of sulfonamides is 2. The summed E-state index contributed by atoms with van der Waals surface area (Å²) < 4.78 is 71.0. The van der Waals surface area contributed by atoms with Crippen LogP contribution in [0.5, 0.6) is 0 Å². The molecule has 0 unspecified atom stereocenters. The zero-order valence-corrected chi connectivity index (χ0v) is 89.1. The van der Waals surface area contributed by atoms with Crippen LogP contribution in [0.3, 0.4) is 0 Å². The van der Waals surface area contributed by atoms with Crippen LogP contribution in [-0.4, -0.2) is 241 Å². The van der Waals surface area contributed by atoms with Gasteiger partial charge in [0.2, 0.25) is 31.6 Å². The fourth-order valence-corrected chi connectivity index (χ4v) is 34.3. The Balaban J connectivity index is 0.000000153. The molecule has 31 nitrogen and oxygen atoms in total. The lowest BCUT2D eigenvalue weighted by Crippen LogP contribution is -2.63. The summed E-state index contributed by atoms with van der Waals surface area (Å²) in [6.07, 6.45) is 35.8. The van der Waals surface area contributed by atoms with E-state index in [9.17, 15) is 95.1 Å². The monoisotopic (exact) mass is 2100 g/mol. The summed E-state index contributed by atoms with van der Waals surface area (Å²) in [5.74, 6) is -2.78. The Morgan fingerprint density at radius 2 is 0.807 bits per heavy atom. The first-order chi connectivity index (χ1) is 67.0. The SMILES string of the molecule is C.C1CCOC1.CC(=O)OCC(=O)C1=CC[C@H]2[C@@H]3CCC4=CC(=O)C=C[C@]4(C)[C@H]3[C@@H](O)C[C@]12C.CC(=O)OCC(=O)[C@@]12ON(S(C)(=O)=O)C[C@@H]1C[C@H]1[C@@H]3CCC4=CC(=O)C=C[C@]4(C)[C@H]3[C@@H](O)C[C@@]12C.CC(=O)OCC(=O)[C@@]12ONC[C@@H]1C[C@H]1[C@@H]3CCC4=CC(=O)C=C[C@]4(C)[C@H]3[C@@H](O)C[C@@]12C.CO.C[C@]12C=CC(=O)C=C1CC[C@@H]1[C@@H]2[C@@H](O)C[C@@]2(C)[C@H]1C[C@H]1CN(S(C)(=O)=O)O[C@]12C(=O)CO.Cc1cc(C)c(Cl)c(C)c1.Cl. The van der Waals surface area contributed by atoms with Crippen LogP contribution in [0.1, 0.15) is 216 Å². The Morgan fingerprint density at radius 3 is 1.14 bits per heavy atom. The fraction of sp³-hybridized carbons (Fsp3) is 0.682. The van der Waals surface area contributed by atoms with E-state index in [1.807, 2.05) is 58.1 Å². The van der Waals surface area contributed by atoms with Crippen molar-refractivity contribution in [2.45, 2.75) is 261 Å². The Labute approximate surface area is 863 Å². The third-order valence-electron chi connectivity index (χ3n) is 38.5. The summed E-state index contributed by atoms with van der Waals surface area (Å²) >= 11 is 5.95. The first-order valence-corrected chi connectivity index (χ1v) is 54.9. The van der Waals surface area contributed by atoms with Gasteiger partial charge < -0.3 is 49.6 Å². The van der Waals surface area contributed by atoms with Gasteiger partial charge in [-0.15, -0.1) is 12.4 Å². The van der Waals surface area contributed by atoms with E-state index in [2.05, 4.69) is 66.1 Å². The quantitative estimate of drug-likeness (QED) is 0.0712. The molecule has 16 aliphatic carbocycles. The highest BCUT2D eigenvalue weighted by Gasteiger charge is 2.80. The second kappa shape index (κ2) is 42.3. The average molecular weight is 2100 g/mol. The highest BCUT2D eigenvalue weighted by atomic mass is 35.5. The highest BCUT2D eigenvalue weighted by molar-refractivity contribution is 7.88. The van der Waals surface area contributed by atoms with Gasteiger partial charge >= 0.3 is 17.9 Å². The number of aryl methyl sites for hydroxylation is 3. The Bertz CT molecular complexity index is 5830. The van der Waals surface area contributed by atoms with E-state index in [1.54, 1.807) is 48.6 Å². The summed E-state index contributed by atoms with van der Waals surface area (Å²) in [5, 5.41) is 63.6. The number of nitrogens with zero attached hydrogens (tertiary/aromatic N) is 2. The number of nitrogens with one attached hydrogen (secondary N) is 1. The van der Waals surface area contributed by atoms with Crippen molar-refractivity contribution >= 4 is 108 Å². The molecule has 20 aliphatic rings. The minimum absolute atomic E-state index is 0. The van der Waals surface area contributed by atoms with E-state index >= 15 is 0 Å². The average Bonchev–Trinajstić information content (AvgIpc) is 1.51. The molecule has 1 aromatic carbocycles. The smallest absolute Gasteiger partial charge is 0.303 e. The number of hydrogen-bond donors (Lipinski definition) is 7. The molecule has 11 saturated carbocycles. The molecule has 4 saturated heterocycles. The highest BCUT2D eigenvalue weighted by Crippen LogP contribution is 2.75. The number of rotatable bonds is 13. The third kappa shape index (κ3) is 19.4. The molecule has 7 N–H and O–H groups in total. The van der Waals surface area contributed by atoms with E-state index in [0.29, 0.717) is 37.8 Å². The molecule has 0 spiro atoms. The minimum Gasteiger partial charge on any atom is -0.458 e. The van der Waals surface area contributed by atoms with Crippen molar-refractivity contribution in [1.29, 1.82) is 0 Å². The lowest BCUT2D eigenvalue weighted by Gasteiger charge is -2.59. The Morgan fingerprint density at radius 1 is 0.483 bits per heavy atom. The summed E-state index contributed by atoms with van der Waals surface area (Å²) in [6, 6.07) is 4.19. The molecule has 145 heavy (non-hydrogen) atoms. The van der Waals surface area contributed by atoms with Gasteiger partial charge in [-0.25, -0.2) is 22.3 Å². The molecular weight excluding hydrogens is 1950 g/mol. The summed E-state index contributed by atoms with van der Waals surface area (Å²) in [5.41, 5.74) is 3.31. The lowest BCUT2D eigenvalue weighted by molar-refractivity contribution is -0.226. The van der Waals surface area contributed by atoms with Crippen LogP contribution in [0.4, 0.5) is 0 Å². The molecule has 35 heteroatoms. The molecule has 21 rings (SSSR count). The van der Waals surface area contributed by atoms with Gasteiger partial charge in [0.05, 0.1) is 36.9 Å². The number of allylic oxidation sites excluding steroid dienone is 17. The second-order valence-corrected chi connectivity index (χ2v) is 50.2. The predicted octanol–water partition coefficient (Wildman–Crippen LogP) is 12.1. The van der Waals surface area contributed by atoms with Crippen molar-refractivity contribution in [2.24, 2.45) is 132 Å². The number of halogens is 2. The van der Waals surface area contributed by atoms with Crippen molar-refractivity contribution in [2.75, 3.05) is 78.9 Å². The van der Waals surface area contributed by atoms with Crippen LogP contribution in [0.2, 0.25) is 5.02 Å². The number of esters is 3. The molecular formula is C110H151Cl2N3O28S2. The van der Waals surface area contributed by atoms with Crippen LogP contribution in [0.15, 0.2) is 119 Å². The number of carbonyl (C=O) groups excluding carboxylic acids is 11. The van der Waals surface area contributed by atoms with Gasteiger partial charge in [0, 0.05) is 156 Å². The normalized spacial score (nSPS) is 41.1. The number of benzene rings is 1. The van der Waals surface area contributed by atoms with Gasteiger partial charge in [0.25, 0.3) is 0 Å². The standard InChI is InChI=1S/C25H33NO8S.C24H31NO6.C23H31NO7S.C23H28O5.C9H11Cl.C4H8O.CH4O.CH4.ClH/c1-14(27)33-13-21(30)25-16(12-26(34-25)35(4,31)32)10-19-18-6-5-15-9-17(28)7-8-23(15,2)22(18)20(29)11-24(19,25)3;1-13(26)30-12-20(29)24-15(11-25-31-24)9-18-17-5-4-14-8-16(27)6-7-22(14,2)21(17)19(28)10-23(18,24)3;1-21-7-6-15(26)8-13(21)4-5-16-17-9-14-11-24(32(3,29)30)31-23(14,19(28)12-25)22(17,2)10-18(27)20(16)21;1-13(24)28-12-20(27)18-7-6-17-16-5-4-14-10-15(25)8-9-22(14,2)21(16)19(26)11-23(17,18)3;1-6-4-7(2)9(10)8(3)5-6;1-2-4-5-3-1;1-2;;/h7-9,16,18-20,22,29H,5-6,10-13H2,1-4H3;6-8,15,17-19,21,25,28H,4-5,9-12H2,1-3H3;6-8,14,16-18,20,25,27H,4-5,9-12H2,1-3H3;7-10,16-17,19,21,26H,4-6,11-12H2,1-3H3;4-5H,1-3H3;1-4H2;2H,1H3;1H4;1H/t16-,18-,19-,20-,22+,23-,24-,25-;15-,17-,18-,19-,21+,22-,23-,24-;14-,16-,17-,18-,20+,21-,22-,23-;16-,17-,19-,21+,22-,23-;;;;;/m0000...../s1. The predicted molar refractivity (Wildman–Crippen MR) is 540 cm³/mol. The maximum Gasteiger partial charge on any atom is 0.303 e. The number of aliphatic hydroxyl groups is 6. The van der Waals surface area contributed by atoms with Gasteiger partial charge in [-0.05, 0) is 243 Å². The summed E-state index contributed by atoms with van der Waals surface area (Å²) in [7, 11) is -6.43. The molecule has 0 bridgehead atoms. The number of carbonyl (C=O) groups is 11. The third-order valence-corrected chi connectivity index (χ3v) is 41.0. The van der Waals surface area contributed by atoms with Gasteiger partial charge in [-0.2, -0.15) is 0 Å². The van der Waals surface area contributed by atoms with Gasteiger partial charge in [0.15, 0.2) is 71.3 Å². The fourth-order valence-electron chi connectivity index (χ4n) is 32.7. The number of ether oxygens (including phenoxy) is 4. The van der Waals surface area contributed by atoms with Crippen LogP contribution >= 0.6 is 24.0 Å². The Kier molecular flexibility index (Phi) is 33.5. The molecule has 4 heterocycles. The van der Waals surface area contributed by atoms with E-state index in [-0.39, 0.29) is 187 Å². The maximum atomic E-state index is 13.7. The van der Waals surface area contributed by atoms with Crippen molar-refractivity contribution in [3.05, 3.63) is 141 Å². The minimum atomic E-state index is -3.74. The molecule has 4 aliphatic heterocycles. The van der Waals surface area contributed by atoms with Crippen molar-refractivity contribution < 1.29 is 134 Å². The maximum absolute atomic E-state index is 13.7. The number of aliphatic hydroxyl groups excluding tert-OH is 6. The lowest BCUT2D eigenvalue weighted by atomic mass is 9.46. The van der Waals surface area contributed by atoms with Crippen molar-refractivity contribution in [1.82, 2.24) is 14.4 Å². The van der Waals surface area contributed by atoms with Crippen molar-refractivity contribution in [3.8, 4) is 0 Å². The summed E-state index contributed by atoms with van der Waals surface area (Å²) in [4.78, 5) is 153. The van der Waals surface area contributed by atoms with Gasteiger partial charge in [-0.1, -0.05) is 154 Å². The van der Waals surface area contributed by atoms with E-state index < -0.39 is 142 Å². The van der Waals surface area contributed by atoms with Gasteiger partial charge in [0.1, 0.15) is 6.61 Å². The number of hydrogen-bond acceptors (Lipinski definition) is 29. The van der Waals surface area contributed by atoms with Crippen LogP contribution < -0.4 is 5.48 Å². The summed E-state index contributed by atoms with van der Waals surface area (Å²) in [6.45, 7) is 27.3. The van der Waals surface area contributed by atoms with E-state index in [4.69, 9.17) is 50.2 Å². The zero-order valence-electron chi connectivity index (χ0n) is 85.9. The number of ketones is 8. The topological polar surface area (TPSA) is 461 Å². The second-order valence-electron chi connectivity index (χ2n) is 46.1. The van der Waals surface area contributed by atoms with Crippen LogP contribution in [0, 0.1) is 153 Å². The number of Topliss-reactive ketones (excluding diaryl/α,β-unsaturated/α-hetero) is 4. The largest absolute Gasteiger partial charge is 0.458 e. The molecule has 800 valence electrons. The molecule has 30 atom stereocenters. The first kappa shape index (κ1) is 115. The molecule has 15 fully saturated rings. The molecule has 0 amide bonds.